The first-order chi connectivity index (χ1) is 8.35. The minimum Gasteiger partial charge on any atom is -0.444 e. The van der Waals surface area contributed by atoms with E-state index in [2.05, 4.69) is 5.32 Å². The van der Waals surface area contributed by atoms with Crippen LogP contribution in [0.4, 0.5) is 4.79 Å². The van der Waals surface area contributed by atoms with Crippen molar-refractivity contribution in [2.75, 3.05) is 6.61 Å². The standard InChI is InChI=1S/C14H25NO3/c1-13(2,3)18-12(17)15-14-6-4-5-10(8-14)7-11(14)9-16/h10-11,16H,4-9H2,1-3H3,(H,15,17)/t10-,11+,14+/m0/s1. The lowest BCUT2D eigenvalue weighted by atomic mass is 9.79. The van der Waals surface area contributed by atoms with Gasteiger partial charge in [0, 0.05) is 18.1 Å². The van der Waals surface area contributed by atoms with Crippen molar-refractivity contribution in [3.05, 3.63) is 0 Å². The molecule has 0 aliphatic heterocycles. The minimum atomic E-state index is -0.470. The third-order valence-electron chi connectivity index (χ3n) is 4.26. The zero-order valence-corrected chi connectivity index (χ0v) is 11.7. The van der Waals surface area contributed by atoms with Gasteiger partial charge in [0.2, 0.25) is 0 Å². The van der Waals surface area contributed by atoms with Crippen molar-refractivity contribution in [1.29, 1.82) is 0 Å². The highest BCUT2D eigenvalue weighted by Gasteiger charge is 2.50. The van der Waals surface area contributed by atoms with Crippen molar-refractivity contribution < 1.29 is 14.6 Å². The summed E-state index contributed by atoms with van der Waals surface area (Å²) in [5, 5.41) is 12.6. The van der Waals surface area contributed by atoms with Gasteiger partial charge in [0.15, 0.2) is 0 Å². The summed E-state index contributed by atoms with van der Waals surface area (Å²) in [7, 11) is 0. The molecule has 0 aromatic rings. The zero-order valence-electron chi connectivity index (χ0n) is 11.7. The van der Waals surface area contributed by atoms with Crippen LogP contribution in [0.2, 0.25) is 0 Å². The lowest BCUT2D eigenvalue weighted by Gasteiger charge is -2.38. The topological polar surface area (TPSA) is 58.6 Å². The van der Waals surface area contributed by atoms with Gasteiger partial charge in [0.25, 0.3) is 0 Å². The number of amides is 1. The predicted molar refractivity (Wildman–Crippen MR) is 69.3 cm³/mol. The van der Waals surface area contributed by atoms with Crippen molar-refractivity contribution in [3.8, 4) is 0 Å². The normalized spacial score (nSPS) is 35.3. The summed E-state index contributed by atoms with van der Waals surface area (Å²) in [6, 6.07) is 0. The molecule has 2 aliphatic rings. The number of hydrogen-bond donors (Lipinski definition) is 2. The van der Waals surface area contributed by atoms with Gasteiger partial charge in [-0.15, -0.1) is 0 Å². The van der Waals surface area contributed by atoms with Gasteiger partial charge in [-0.2, -0.15) is 0 Å². The molecule has 2 fully saturated rings. The van der Waals surface area contributed by atoms with Crippen LogP contribution in [0, 0.1) is 11.8 Å². The largest absolute Gasteiger partial charge is 0.444 e. The number of nitrogens with one attached hydrogen (secondary N) is 1. The Labute approximate surface area is 109 Å². The Bertz CT molecular complexity index is 323. The molecule has 2 rings (SSSR count). The van der Waals surface area contributed by atoms with E-state index in [1.54, 1.807) is 0 Å². The summed E-state index contributed by atoms with van der Waals surface area (Å²) >= 11 is 0. The van der Waals surface area contributed by atoms with Crippen molar-refractivity contribution >= 4 is 6.09 Å². The molecule has 0 aromatic heterocycles. The first-order valence-electron chi connectivity index (χ1n) is 6.97. The molecule has 0 heterocycles. The van der Waals surface area contributed by atoms with Crippen LogP contribution in [0.15, 0.2) is 0 Å². The molecule has 0 saturated heterocycles. The maximum atomic E-state index is 12.0. The van der Waals surface area contributed by atoms with Gasteiger partial charge < -0.3 is 15.2 Å². The molecule has 18 heavy (non-hydrogen) atoms. The number of fused-ring (bicyclic) bond motifs is 2. The molecule has 0 radical (unpaired) electrons. The van der Waals surface area contributed by atoms with E-state index in [4.69, 9.17) is 4.74 Å². The molecule has 2 bridgehead atoms. The quantitative estimate of drug-likeness (QED) is 0.797. The second kappa shape index (κ2) is 4.72. The number of ether oxygens (including phenoxy) is 1. The highest BCUT2D eigenvalue weighted by molar-refractivity contribution is 5.69. The van der Waals surface area contributed by atoms with Crippen LogP contribution in [-0.4, -0.2) is 28.9 Å². The Morgan fingerprint density at radius 2 is 2.22 bits per heavy atom. The van der Waals surface area contributed by atoms with Crippen LogP contribution in [0.25, 0.3) is 0 Å². The van der Waals surface area contributed by atoms with Gasteiger partial charge in [-0.05, 0) is 46.0 Å². The molecule has 0 unspecified atom stereocenters. The third kappa shape index (κ3) is 2.79. The maximum Gasteiger partial charge on any atom is 0.408 e. The number of carbonyl (C=O) groups is 1. The smallest absolute Gasteiger partial charge is 0.408 e. The van der Waals surface area contributed by atoms with Gasteiger partial charge >= 0.3 is 6.09 Å². The molecule has 2 saturated carbocycles. The Balaban J connectivity index is 2.03. The van der Waals surface area contributed by atoms with Crippen molar-refractivity contribution in [2.45, 2.75) is 64.0 Å². The fourth-order valence-electron chi connectivity index (χ4n) is 3.60. The molecule has 2 aliphatic carbocycles. The molecule has 4 nitrogen and oxygen atoms in total. The van der Waals surface area contributed by atoms with E-state index < -0.39 is 5.60 Å². The van der Waals surface area contributed by atoms with Crippen molar-refractivity contribution in [2.24, 2.45) is 11.8 Å². The summed E-state index contributed by atoms with van der Waals surface area (Å²) < 4.78 is 5.35. The molecule has 0 aromatic carbocycles. The molecule has 1 amide bonds. The van der Waals surface area contributed by atoms with Crippen molar-refractivity contribution in [1.82, 2.24) is 5.32 Å². The van der Waals surface area contributed by atoms with Crippen LogP contribution in [-0.2, 0) is 4.74 Å². The Morgan fingerprint density at radius 3 is 2.83 bits per heavy atom. The second-order valence-electron chi connectivity index (χ2n) is 6.86. The highest BCUT2D eigenvalue weighted by atomic mass is 16.6. The van der Waals surface area contributed by atoms with E-state index in [1.165, 1.54) is 6.42 Å². The number of rotatable bonds is 2. The third-order valence-corrected chi connectivity index (χ3v) is 4.26. The molecule has 2 N–H and O–H groups in total. The van der Waals surface area contributed by atoms with E-state index in [9.17, 15) is 9.90 Å². The first kappa shape index (κ1) is 13.7. The molecule has 4 heteroatoms. The van der Waals surface area contributed by atoms with Gasteiger partial charge in [0.05, 0.1) is 0 Å². The van der Waals surface area contributed by atoms with E-state index in [0.29, 0.717) is 5.92 Å². The summed E-state index contributed by atoms with van der Waals surface area (Å²) in [6.45, 7) is 5.76. The molecule has 0 spiro atoms. The Morgan fingerprint density at radius 1 is 1.50 bits per heavy atom. The fourth-order valence-corrected chi connectivity index (χ4v) is 3.60. The average Bonchev–Trinajstić information content (AvgIpc) is 2.46. The lowest BCUT2D eigenvalue weighted by Crippen LogP contribution is -2.54. The van der Waals surface area contributed by atoms with Crippen LogP contribution in [0.3, 0.4) is 0 Å². The molecular weight excluding hydrogens is 230 g/mol. The Hall–Kier alpha value is -0.770. The molecular formula is C14H25NO3. The summed E-state index contributed by atoms with van der Waals surface area (Å²) in [6.07, 6.45) is 5.02. The first-order valence-corrected chi connectivity index (χ1v) is 6.97. The zero-order chi connectivity index (χ0) is 13.4. The monoisotopic (exact) mass is 255 g/mol. The van der Waals surface area contributed by atoms with Crippen molar-refractivity contribution in [3.63, 3.8) is 0 Å². The number of alkyl carbamates (subject to hydrolysis) is 1. The number of aliphatic hydroxyl groups excluding tert-OH is 1. The van der Waals surface area contributed by atoms with E-state index >= 15 is 0 Å². The van der Waals surface area contributed by atoms with Crippen LogP contribution >= 0.6 is 0 Å². The fraction of sp³-hybridized carbons (Fsp3) is 0.929. The van der Waals surface area contributed by atoms with Gasteiger partial charge in [-0.1, -0.05) is 12.8 Å². The van der Waals surface area contributed by atoms with Crippen LogP contribution < -0.4 is 5.32 Å². The second-order valence-corrected chi connectivity index (χ2v) is 6.86. The van der Waals surface area contributed by atoms with Crippen LogP contribution in [0.5, 0.6) is 0 Å². The predicted octanol–water partition coefficient (Wildman–Crippen LogP) is 2.45. The van der Waals surface area contributed by atoms with Crippen LogP contribution in [0.1, 0.15) is 52.9 Å². The molecule has 3 atom stereocenters. The highest BCUT2D eigenvalue weighted by Crippen LogP contribution is 2.48. The number of carbonyl (C=O) groups excluding carboxylic acids is 1. The number of hydrogen-bond acceptors (Lipinski definition) is 3. The van der Waals surface area contributed by atoms with Gasteiger partial charge in [0.1, 0.15) is 5.60 Å². The lowest BCUT2D eigenvalue weighted by molar-refractivity contribution is 0.0369. The summed E-state index contributed by atoms with van der Waals surface area (Å²) in [4.78, 5) is 12.0. The van der Waals surface area contributed by atoms with E-state index in [0.717, 1.165) is 25.7 Å². The minimum absolute atomic E-state index is 0.159. The van der Waals surface area contributed by atoms with Gasteiger partial charge in [-0.25, -0.2) is 4.79 Å². The number of aliphatic hydroxyl groups is 1. The van der Waals surface area contributed by atoms with Gasteiger partial charge in [-0.3, -0.25) is 0 Å². The summed E-state index contributed by atoms with van der Waals surface area (Å²) in [5.74, 6) is 0.850. The average molecular weight is 255 g/mol. The SMILES string of the molecule is CC(C)(C)OC(=O)N[C@@]12CCC[C@@H](C[C@@H]1CO)C2. The molecule has 104 valence electrons. The maximum absolute atomic E-state index is 12.0. The summed E-state index contributed by atoms with van der Waals surface area (Å²) in [5.41, 5.74) is -0.692. The Kier molecular flexibility index (Phi) is 3.58. The van der Waals surface area contributed by atoms with E-state index in [-0.39, 0.29) is 24.2 Å². The van der Waals surface area contributed by atoms with E-state index in [1.807, 2.05) is 20.8 Å².